The van der Waals surface area contributed by atoms with E-state index in [1.807, 2.05) is 6.92 Å². The number of carbonyl (C=O) groups excluding carboxylic acids is 2. The van der Waals surface area contributed by atoms with E-state index in [2.05, 4.69) is 20.4 Å². The molecule has 3 atom stereocenters. The van der Waals surface area contributed by atoms with Gasteiger partial charge in [0.1, 0.15) is 26.2 Å². The van der Waals surface area contributed by atoms with Crippen molar-refractivity contribution in [1.82, 2.24) is 20.2 Å². The van der Waals surface area contributed by atoms with Crippen molar-refractivity contribution in [3.8, 4) is 0 Å². The van der Waals surface area contributed by atoms with E-state index in [9.17, 15) is 24.7 Å². The number of hydrogen-bond donors (Lipinski definition) is 4. The summed E-state index contributed by atoms with van der Waals surface area (Å²) in [5.41, 5.74) is 5.98. The van der Waals surface area contributed by atoms with E-state index >= 15 is 0 Å². The van der Waals surface area contributed by atoms with Crippen molar-refractivity contribution in [3.05, 3.63) is 34.1 Å². The van der Waals surface area contributed by atoms with Crippen molar-refractivity contribution >= 4 is 86.9 Å². The second-order valence-corrected chi connectivity index (χ2v) is 13.2. The van der Waals surface area contributed by atoms with Crippen LogP contribution in [-0.4, -0.2) is 82.9 Å². The number of aliphatic carboxylic acids is 1. The number of hydrogen-bond acceptors (Lipinski definition) is 12. The van der Waals surface area contributed by atoms with E-state index in [-0.39, 0.29) is 27.5 Å². The molecule has 2 amide bonds. The van der Waals surface area contributed by atoms with Crippen LogP contribution in [-0.2, 0) is 20.1 Å². The van der Waals surface area contributed by atoms with Gasteiger partial charge in [-0.1, -0.05) is 35.0 Å². The molecule has 2 fully saturated rings. The summed E-state index contributed by atoms with van der Waals surface area (Å²) in [6.07, 6.45) is 3.36. The summed E-state index contributed by atoms with van der Waals surface area (Å²) in [4.78, 5) is 48.4. The monoisotopic (exact) mass is 588 g/mol. The molecule has 2 saturated heterocycles. The molecule has 11 nitrogen and oxygen atoms in total. The second-order valence-electron chi connectivity index (χ2n) is 7.76. The maximum atomic E-state index is 12.9. The third kappa shape index (κ3) is 5.11. The largest absolute Gasteiger partial charge is 0.480 e. The molecule has 0 radical (unpaired) electrons. The Balaban J connectivity index is 1.47. The highest BCUT2D eigenvalue weighted by atomic mass is 35.5. The number of nitrogens with one attached hydrogen (secondary N) is 1. The van der Waals surface area contributed by atoms with Gasteiger partial charge in [0, 0.05) is 35.3 Å². The molecular weight excluding hydrogens is 568 g/mol. The SMILES string of the molecule is CCSCc1cnccc1SC1(C(=O)O)CS[C@@H]2[C@H](NC(=O)C(=NO)c3nc(N)sc3Cl)C(=O)N2C1. The molecule has 2 aliphatic heterocycles. The second kappa shape index (κ2) is 11.0. The number of carbonyl (C=O) groups is 3. The Hall–Kier alpha value is -2.20. The van der Waals surface area contributed by atoms with E-state index in [1.165, 1.54) is 28.4 Å². The molecule has 36 heavy (non-hydrogen) atoms. The van der Waals surface area contributed by atoms with Crippen LogP contribution in [0.2, 0.25) is 4.34 Å². The number of thiazole rings is 1. The number of β-lactam (4-membered cyclic amide) rings is 1. The minimum atomic E-state index is -1.26. The third-order valence-electron chi connectivity index (χ3n) is 5.50. The molecule has 2 aromatic rings. The topological polar surface area (TPSA) is 171 Å². The first-order valence-corrected chi connectivity index (χ1v) is 14.7. The number of nitrogen functional groups attached to an aromatic ring is 1. The van der Waals surface area contributed by atoms with Crippen LogP contribution >= 0.6 is 58.2 Å². The van der Waals surface area contributed by atoms with Gasteiger partial charge in [-0.3, -0.25) is 19.4 Å². The lowest BCUT2D eigenvalue weighted by atomic mass is 10.0. The Morgan fingerprint density at radius 3 is 2.89 bits per heavy atom. The van der Waals surface area contributed by atoms with Gasteiger partial charge >= 0.3 is 5.97 Å². The number of carboxylic acid groups (broad SMARTS) is 1. The lowest BCUT2D eigenvalue weighted by Crippen LogP contribution is -2.74. The number of nitrogens with two attached hydrogens (primary N) is 1. The number of pyridine rings is 1. The number of fused-ring (bicyclic) bond motifs is 1. The number of amides is 2. The molecule has 0 spiro atoms. The fraction of sp³-hybridized carbons (Fsp3) is 0.400. The summed E-state index contributed by atoms with van der Waals surface area (Å²) >= 11 is 11.1. The molecule has 1 unspecified atom stereocenters. The van der Waals surface area contributed by atoms with E-state index in [1.54, 1.807) is 30.2 Å². The molecule has 2 aromatic heterocycles. The lowest BCUT2D eigenvalue weighted by molar-refractivity contribution is -0.151. The van der Waals surface area contributed by atoms with Crippen LogP contribution in [0.3, 0.4) is 0 Å². The first kappa shape index (κ1) is 26.9. The molecule has 4 heterocycles. The number of rotatable bonds is 9. The Labute approximate surface area is 227 Å². The van der Waals surface area contributed by atoms with Crippen molar-refractivity contribution < 1.29 is 24.7 Å². The van der Waals surface area contributed by atoms with Crippen LogP contribution in [0.4, 0.5) is 5.13 Å². The van der Waals surface area contributed by atoms with Gasteiger partial charge in [0.25, 0.3) is 5.91 Å². The number of carboxylic acids is 1. The van der Waals surface area contributed by atoms with Gasteiger partial charge in [0.2, 0.25) is 5.91 Å². The molecule has 4 rings (SSSR count). The molecule has 5 N–H and O–H groups in total. The summed E-state index contributed by atoms with van der Waals surface area (Å²) in [6.45, 7) is 2.03. The van der Waals surface area contributed by atoms with Crippen molar-refractivity contribution in [2.75, 3.05) is 23.8 Å². The first-order valence-electron chi connectivity index (χ1n) is 10.5. The van der Waals surface area contributed by atoms with E-state index in [0.717, 1.165) is 27.5 Å². The molecule has 0 bridgehead atoms. The smallest absolute Gasteiger partial charge is 0.322 e. The summed E-state index contributed by atoms with van der Waals surface area (Å²) in [5, 5.41) is 24.7. The van der Waals surface area contributed by atoms with Crippen LogP contribution in [0.1, 0.15) is 18.2 Å². The van der Waals surface area contributed by atoms with Gasteiger partial charge in [0.15, 0.2) is 10.8 Å². The van der Waals surface area contributed by atoms with Gasteiger partial charge in [-0.05, 0) is 17.4 Å². The lowest BCUT2D eigenvalue weighted by Gasteiger charge is -2.53. The highest BCUT2D eigenvalue weighted by molar-refractivity contribution is 8.05. The van der Waals surface area contributed by atoms with Gasteiger partial charge < -0.3 is 26.3 Å². The van der Waals surface area contributed by atoms with E-state index in [4.69, 9.17) is 17.3 Å². The molecule has 16 heteroatoms. The standard InChI is InChI=1S/C20H21ClN6O5S4/c1-2-33-6-9-5-23-4-3-10(9)36-20(18(30)31)7-27-16(29)13(17(27)34-8-20)24-15(28)12(26-32)11-14(21)35-19(22)25-11/h3-5,13,17,32H,2,6-8H2,1H3,(H2,22,25)(H,24,28)(H,30,31)/t13-,17-,20?/m1/s1. The number of thioether (sulfide) groups is 3. The van der Waals surface area contributed by atoms with Crippen molar-refractivity contribution in [3.63, 3.8) is 0 Å². The van der Waals surface area contributed by atoms with Crippen molar-refractivity contribution in [2.24, 2.45) is 5.16 Å². The van der Waals surface area contributed by atoms with Crippen molar-refractivity contribution in [1.29, 1.82) is 0 Å². The minimum absolute atomic E-state index is 0.0199. The zero-order chi connectivity index (χ0) is 26.0. The highest BCUT2D eigenvalue weighted by Crippen LogP contribution is 2.47. The van der Waals surface area contributed by atoms with Crippen LogP contribution in [0, 0.1) is 0 Å². The van der Waals surface area contributed by atoms with Crippen LogP contribution in [0.5, 0.6) is 0 Å². The molecule has 0 saturated carbocycles. The Morgan fingerprint density at radius 2 is 2.25 bits per heavy atom. The fourth-order valence-electron chi connectivity index (χ4n) is 3.70. The zero-order valence-corrected chi connectivity index (χ0v) is 22.7. The number of nitrogens with zero attached hydrogens (tertiary/aromatic N) is 4. The maximum Gasteiger partial charge on any atom is 0.322 e. The normalized spacial score (nSPS) is 23.7. The quantitative estimate of drug-likeness (QED) is 0.146. The van der Waals surface area contributed by atoms with Gasteiger partial charge in [-0.2, -0.15) is 11.8 Å². The van der Waals surface area contributed by atoms with Crippen LogP contribution < -0.4 is 11.1 Å². The van der Waals surface area contributed by atoms with E-state index < -0.39 is 39.7 Å². The van der Waals surface area contributed by atoms with Crippen LogP contribution in [0.25, 0.3) is 0 Å². The zero-order valence-electron chi connectivity index (χ0n) is 18.7. The summed E-state index contributed by atoms with van der Waals surface area (Å²) in [7, 11) is 0. The van der Waals surface area contributed by atoms with Gasteiger partial charge in [-0.25, -0.2) is 4.98 Å². The predicted molar refractivity (Wildman–Crippen MR) is 142 cm³/mol. The molecule has 0 aromatic carbocycles. The van der Waals surface area contributed by atoms with Crippen molar-refractivity contribution in [2.45, 2.75) is 33.7 Å². The fourth-order valence-corrected chi connectivity index (χ4v) is 8.30. The summed E-state index contributed by atoms with van der Waals surface area (Å²) < 4.78 is -1.19. The van der Waals surface area contributed by atoms with E-state index in [0.29, 0.717) is 5.75 Å². The van der Waals surface area contributed by atoms with Crippen LogP contribution in [0.15, 0.2) is 28.5 Å². The average Bonchev–Trinajstić information content (AvgIpc) is 3.19. The van der Waals surface area contributed by atoms with Gasteiger partial charge in [0.05, 0.1) is 0 Å². The third-order valence-corrected chi connectivity index (χ3v) is 10.7. The molecular formula is C20H21ClN6O5S4. The maximum absolute atomic E-state index is 12.9. The first-order chi connectivity index (χ1) is 17.2. The number of anilines is 1. The Kier molecular flexibility index (Phi) is 8.24. The number of oxime groups is 1. The van der Waals surface area contributed by atoms with Gasteiger partial charge in [-0.15, -0.1) is 23.5 Å². The Morgan fingerprint density at radius 1 is 1.47 bits per heavy atom. The molecule has 2 aliphatic rings. The summed E-state index contributed by atoms with van der Waals surface area (Å²) in [5.74, 6) is -0.451. The molecule has 0 aliphatic carbocycles. The number of halogens is 1. The Bertz CT molecular complexity index is 1230. The molecule has 192 valence electrons. The average molecular weight is 589 g/mol. The predicted octanol–water partition coefficient (Wildman–Crippen LogP) is 2.22. The minimum Gasteiger partial charge on any atom is -0.480 e. The summed E-state index contributed by atoms with van der Waals surface area (Å²) in [6, 6.07) is 0.883. The highest BCUT2D eigenvalue weighted by Gasteiger charge is 2.58. The number of aromatic nitrogens is 2.